The van der Waals surface area contributed by atoms with E-state index in [4.69, 9.17) is 9.72 Å². The van der Waals surface area contributed by atoms with Gasteiger partial charge in [-0.2, -0.15) is 5.10 Å². The zero-order chi connectivity index (χ0) is 25.9. The summed E-state index contributed by atoms with van der Waals surface area (Å²) in [6, 6.07) is 8.66. The molecule has 0 radical (unpaired) electrons. The Kier molecular flexibility index (Phi) is 7.81. The van der Waals surface area contributed by atoms with Crippen LogP contribution in [0, 0.1) is 12.8 Å². The summed E-state index contributed by atoms with van der Waals surface area (Å²) in [5.41, 5.74) is 6.16. The molecule has 0 saturated heterocycles. The highest BCUT2D eigenvalue weighted by molar-refractivity contribution is 5.94. The van der Waals surface area contributed by atoms with Gasteiger partial charge in [-0.1, -0.05) is 13.8 Å². The zero-order valence-corrected chi connectivity index (χ0v) is 22.3. The first-order valence-electron chi connectivity index (χ1n) is 12.8. The molecular weight excluding hydrogens is 450 g/mol. The van der Waals surface area contributed by atoms with Crippen LogP contribution in [0.4, 0.5) is 0 Å². The van der Waals surface area contributed by atoms with E-state index in [-0.39, 0.29) is 0 Å². The van der Waals surface area contributed by atoms with Crippen LogP contribution in [0.3, 0.4) is 0 Å². The van der Waals surface area contributed by atoms with Gasteiger partial charge >= 0.3 is 0 Å². The Bertz CT molecular complexity index is 1270. The van der Waals surface area contributed by atoms with Crippen LogP contribution in [0.25, 0.3) is 33.4 Å². The zero-order valence-electron chi connectivity index (χ0n) is 22.3. The molecule has 0 saturated carbocycles. The van der Waals surface area contributed by atoms with Crippen LogP contribution in [-0.2, 0) is 6.42 Å². The van der Waals surface area contributed by atoms with Crippen molar-refractivity contribution >= 4 is 11.0 Å². The topological polar surface area (TPSA) is 98.9 Å². The lowest BCUT2D eigenvalue weighted by atomic mass is 9.92. The Morgan fingerprint density at radius 2 is 1.83 bits per heavy atom. The van der Waals surface area contributed by atoms with Gasteiger partial charge in [-0.15, -0.1) is 0 Å². The fourth-order valence-corrected chi connectivity index (χ4v) is 4.48. The Balaban J connectivity index is 1.57. The standard InChI is InChI=1S/C29H39N5O2/c1-18(2)20(4)30-12-7-13-36-23-10-8-21(9-11-23)27-24(14-29(5,6)35)26-19(3)25(17-31-28(26)34-27)22-15-32-33-16-22/h8-11,15-18,20,30,35H,7,12-14H2,1-6H3,(H,31,34)(H,32,33). The molecule has 1 unspecified atom stereocenters. The highest BCUT2D eigenvalue weighted by atomic mass is 16.5. The van der Waals surface area contributed by atoms with Crippen molar-refractivity contribution < 1.29 is 9.84 Å². The second-order valence-corrected chi connectivity index (χ2v) is 10.7. The third-order valence-electron chi connectivity index (χ3n) is 6.80. The van der Waals surface area contributed by atoms with E-state index in [2.05, 4.69) is 60.3 Å². The van der Waals surface area contributed by atoms with Gasteiger partial charge in [0.2, 0.25) is 0 Å². The maximum absolute atomic E-state index is 10.7. The molecule has 1 atom stereocenters. The van der Waals surface area contributed by atoms with Gasteiger partial charge in [-0.25, -0.2) is 4.98 Å². The molecule has 4 N–H and O–H groups in total. The van der Waals surface area contributed by atoms with Crippen LogP contribution in [0.2, 0.25) is 0 Å². The third-order valence-corrected chi connectivity index (χ3v) is 6.80. The maximum Gasteiger partial charge on any atom is 0.138 e. The average molecular weight is 490 g/mol. The quantitative estimate of drug-likeness (QED) is 0.204. The van der Waals surface area contributed by atoms with Gasteiger partial charge in [0.1, 0.15) is 11.4 Å². The van der Waals surface area contributed by atoms with E-state index in [0.29, 0.717) is 25.0 Å². The Hall–Kier alpha value is -3.16. The van der Waals surface area contributed by atoms with Gasteiger partial charge in [0.25, 0.3) is 0 Å². The molecule has 4 rings (SSSR count). The molecule has 192 valence electrons. The first-order chi connectivity index (χ1) is 17.1. The summed E-state index contributed by atoms with van der Waals surface area (Å²) in [5.74, 6) is 1.48. The minimum Gasteiger partial charge on any atom is -0.494 e. The number of hydrogen-bond donors (Lipinski definition) is 4. The molecule has 0 aliphatic rings. The minimum absolute atomic E-state index is 0.500. The molecular formula is C29H39N5O2. The fourth-order valence-electron chi connectivity index (χ4n) is 4.48. The molecule has 4 aromatic rings. The summed E-state index contributed by atoms with van der Waals surface area (Å²) < 4.78 is 5.97. The van der Waals surface area contributed by atoms with Crippen molar-refractivity contribution in [3.05, 3.63) is 54.0 Å². The molecule has 0 bridgehead atoms. The number of aliphatic hydroxyl groups is 1. The van der Waals surface area contributed by atoms with Crippen molar-refractivity contribution in [2.24, 2.45) is 5.92 Å². The molecule has 3 aromatic heterocycles. The van der Waals surface area contributed by atoms with Crippen LogP contribution in [-0.4, -0.2) is 50.1 Å². The van der Waals surface area contributed by atoms with Gasteiger partial charge in [0, 0.05) is 41.4 Å². The van der Waals surface area contributed by atoms with Crippen LogP contribution >= 0.6 is 0 Å². The second kappa shape index (κ2) is 10.8. The van der Waals surface area contributed by atoms with Crippen molar-refractivity contribution in [1.82, 2.24) is 25.5 Å². The van der Waals surface area contributed by atoms with Crippen molar-refractivity contribution in [1.29, 1.82) is 0 Å². The summed E-state index contributed by atoms with van der Waals surface area (Å²) in [5, 5.41) is 22.3. The lowest BCUT2D eigenvalue weighted by Gasteiger charge is -2.19. The average Bonchev–Trinajstić information content (AvgIpc) is 3.47. The van der Waals surface area contributed by atoms with E-state index in [1.54, 1.807) is 6.20 Å². The van der Waals surface area contributed by atoms with Gasteiger partial charge in [0.05, 0.1) is 24.1 Å². The van der Waals surface area contributed by atoms with Crippen LogP contribution in [0.1, 0.15) is 52.2 Å². The fraction of sp³-hybridized carbons (Fsp3) is 0.448. The number of aryl methyl sites for hydroxylation is 1. The van der Waals surface area contributed by atoms with E-state index in [1.807, 2.05) is 38.4 Å². The number of nitrogens with one attached hydrogen (secondary N) is 3. The smallest absolute Gasteiger partial charge is 0.138 e. The molecule has 0 aliphatic heterocycles. The molecule has 0 aliphatic carbocycles. The van der Waals surface area contributed by atoms with Crippen molar-refractivity contribution in [3.8, 4) is 28.1 Å². The summed E-state index contributed by atoms with van der Waals surface area (Å²) in [6.07, 6.45) is 7.02. The second-order valence-electron chi connectivity index (χ2n) is 10.7. The first kappa shape index (κ1) is 25.9. The number of pyridine rings is 1. The number of H-pyrrole nitrogens is 2. The number of benzene rings is 1. The molecule has 0 fully saturated rings. The molecule has 7 nitrogen and oxygen atoms in total. The normalized spacial score (nSPS) is 13.0. The lowest BCUT2D eigenvalue weighted by Crippen LogP contribution is -2.32. The van der Waals surface area contributed by atoms with Gasteiger partial charge in [-0.05, 0) is 87.5 Å². The van der Waals surface area contributed by atoms with Gasteiger partial charge in [-0.3, -0.25) is 5.10 Å². The number of aromatic amines is 2. The monoisotopic (exact) mass is 489 g/mol. The lowest BCUT2D eigenvalue weighted by molar-refractivity contribution is 0.0814. The SMILES string of the molecule is Cc1c(-c2cn[nH]c2)cnc2[nH]c(-c3ccc(OCCCNC(C)C(C)C)cc3)c(CC(C)(C)O)c12. The number of fused-ring (bicyclic) bond motifs is 1. The summed E-state index contributed by atoms with van der Waals surface area (Å²) in [7, 11) is 0. The molecule has 0 spiro atoms. The first-order valence-corrected chi connectivity index (χ1v) is 12.8. The van der Waals surface area contributed by atoms with Gasteiger partial charge < -0.3 is 20.1 Å². The summed E-state index contributed by atoms with van der Waals surface area (Å²) in [6.45, 7) is 14.1. The predicted molar refractivity (Wildman–Crippen MR) is 146 cm³/mol. The van der Waals surface area contributed by atoms with Crippen LogP contribution in [0.15, 0.2) is 42.9 Å². The predicted octanol–water partition coefficient (Wildman–Crippen LogP) is 5.64. The van der Waals surface area contributed by atoms with E-state index in [0.717, 1.165) is 63.3 Å². The number of nitrogens with zero attached hydrogens (tertiary/aromatic N) is 2. The van der Waals surface area contributed by atoms with Gasteiger partial charge in [0.15, 0.2) is 0 Å². The molecule has 7 heteroatoms. The van der Waals surface area contributed by atoms with Crippen molar-refractivity contribution in [2.75, 3.05) is 13.2 Å². The Morgan fingerprint density at radius 1 is 1.08 bits per heavy atom. The van der Waals surface area contributed by atoms with E-state index >= 15 is 0 Å². The molecule has 36 heavy (non-hydrogen) atoms. The highest BCUT2D eigenvalue weighted by Gasteiger charge is 2.24. The maximum atomic E-state index is 10.7. The third kappa shape index (κ3) is 5.97. The molecule has 0 amide bonds. The van der Waals surface area contributed by atoms with E-state index in [9.17, 15) is 5.11 Å². The Labute approximate surface area is 213 Å². The van der Waals surface area contributed by atoms with E-state index < -0.39 is 5.60 Å². The van der Waals surface area contributed by atoms with E-state index in [1.165, 1.54) is 0 Å². The molecule has 3 heterocycles. The number of ether oxygens (including phenoxy) is 1. The largest absolute Gasteiger partial charge is 0.494 e. The summed E-state index contributed by atoms with van der Waals surface area (Å²) in [4.78, 5) is 8.24. The van der Waals surface area contributed by atoms with Crippen molar-refractivity contribution in [3.63, 3.8) is 0 Å². The number of rotatable bonds is 11. The Morgan fingerprint density at radius 3 is 2.47 bits per heavy atom. The van der Waals surface area contributed by atoms with Crippen LogP contribution < -0.4 is 10.1 Å². The number of hydrogen-bond acceptors (Lipinski definition) is 5. The highest BCUT2D eigenvalue weighted by Crippen LogP contribution is 2.37. The molecule has 1 aromatic carbocycles. The minimum atomic E-state index is -0.869. The number of aromatic nitrogens is 4. The van der Waals surface area contributed by atoms with Crippen molar-refractivity contribution in [2.45, 2.75) is 66.0 Å². The van der Waals surface area contributed by atoms with Crippen LogP contribution in [0.5, 0.6) is 5.75 Å². The summed E-state index contributed by atoms with van der Waals surface area (Å²) >= 11 is 0.